The average molecular weight is 579 g/mol. The van der Waals surface area contributed by atoms with E-state index in [2.05, 4.69) is 6.58 Å². The van der Waals surface area contributed by atoms with E-state index in [1.807, 2.05) is 0 Å². The molecule has 0 amide bonds. The minimum absolute atomic E-state index is 0.0112. The van der Waals surface area contributed by atoms with E-state index in [1.165, 1.54) is 0 Å². The van der Waals surface area contributed by atoms with Gasteiger partial charge in [-0.05, 0) is 106 Å². The van der Waals surface area contributed by atoms with Crippen LogP contribution in [0, 0.1) is 35.2 Å². The van der Waals surface area contributed by atoms with Gasteiger partial charge in [-0.2, -0.15) is 0 Å². The summed E-state index contributed by atoms with van der Waals surface area (Å²) in [5, 5.41) is 0. The molecule has 0 unspecified atom stereocenters. The second-order valence-electron chi connectivity index (χ2n) is 11.5. The Morgan fingerprint density at radius 1 is 0.756 bits per heavy atom. The van der Waals surface area contributed by atoms with E-state index in [9.17, 15) is 22.0 Å². The lowest BCUT2D eigenvalue weighted by molar-refractivity contribution is 0.242. The largest absolute Gasteiger partial charge is 0.209 e. The van der Waals surface area contributed by atoms with Gasteiger partial charge in [-0.25, -0.2) is 30.7 Å². The minimum atomic E-state index is -1.50. The summed E-state index contributed by atoms with van der Waals surface area (Å²) < 4.78 is 98.9. The lowest BCUT2D eigenvalue weighted by Gasteiger charge is -2.31. The summed E-state index contributed by atoms with van der Waals surface area (Å²) in [6.45, 7) is 3.52. The van der Waals surface area contributed by atoms with Crippen molar-refractivity contribution in [3.8, 4) is 0 Å². The second kappa shape index (κ2) is 14.4. The lowest BCUT2D eigenvalue weighted by Crippen LogP contribution is -2.19. The van der Waals surface area contributed by atoms with E-state index in [0.29, 0.717) is 56.4 Å². The molecule has 0 heterocycles. The van der Waals surface area contributed by atoms with Gasteiger partial charge < -0.3 is 0 Å². The first-order valence-corrected chi connectivity index (χ1v) is 14.6. The molecule has 4 rings (SSSR count). The van der Waals surface area contributed by atoms with Crippen LogP contribution in [0.2, 0.25) is 0 Å². The Morgan fingerprint density at radius 2 is 1.29 bits per heavy atom. The maximum absolute atomic E-state index is 15.1. The van der Waals surface area contributed by atoms with Crippen LogP contribution in [0.3, 0.4) is 0 Å². The molecule has 0 atom stereocenters. The summed E-state index contributed by atoms with van der Waals surface area (Å²) in [6, 6.07) is 8.76. The van der Waals surface area contributed by atoms with E-state index < -0.39 is 52.6 Å². The first-order chi connectivity index (χ1) is 19.7. The van der Waals surface area contributed by atoms with Crippen LogP contribution in [0.5, 0.6) is 0 Å². The molecular formula is C34H37F7. The van der Waals surface area contributed by atoms with Gasteiger partial charge in [-0.3, -0.25) is 0 Å². The summed E-state index contributed by atoms with van der Waals surface area (Å²) in [6.07, 6.45) is 7.97. The molecule has 2 aromatic carbocycles. The molecule has 2 saturated carbocycles. The molecule has 222 valence electrons. The molecule has 2 aliphatic carbocycles. The zero-order valence-electron chi connectivity index (χ0n) is 23.2. The number of hydrogen-bond donors (Lipinski definition) is 0. The highest BCUT2D eigenvalue weighted by atomic mass is 19.2. The number of halogens is 7. The standard InChI is InChI=1S/C34H37F7/c1-2-3-4-28(35)31(38)24-11-7-21(8-12-24)5-6-22-9-13-25(14-10-22)32(39)33(40)26-17-15-23(16-18-26)27-19-29(36)34(41)30(37)20-27/h2,7-8,11-12,19-20,22-23,25-26H,1,3-6,9-10,13-18H2/b31-28+,33-32+. The Hall–Kier alpha value is -2.83. The summed E-state index contributed by atoms with van der Waals surface area (Å²) in [5.74, 6) is -7.73. The Kier molecular flexibility index (Phi) is 10.9. The number of benzene rings is 2. The SMILES string of the molecule is C=CCC/C(F)=C(\F)c1ccc(CCC2CCC(/C(F)=C(\F)C3CCC(c4cc(F)c(F)c(F)c4)CC3)CC2)cc1. The zero-order chi connectivity index (χ0) is 29.5. The fourth-order valence-corrected chi connectivity index (χ4v) is 6.27. The zero-order valence-corrected chi connectivity index (χ0v) is 23.2. The third-order valence-electron chi connectivity index (χ3n) is 8.85. The van der Waals surface area contributed by atoms with Crippen molar-refractivity contribution < 1.29 is 30.7 Å². The number of hydrogen-bond acceptors (Lipinski definition) is 0. The van der Waals surface area contributed by atoms with Crippen molar-refractivity contribution in [3.05, 3.63) is 101 Å². The quantitative estimate of drug-likeness (QED) is 0.149. The van der Waals surface area contributed by atoms with Crippen molar-refractivity contribution in [3.63, 3.8) is 0 Å². The molecule has 0 radical (unpaired) electrons. The van der Waals surface area contributed by atoms with E-state index in [4.69, 9.17) is 0 Å². The van der Waals surface area contributed by atoms with Gasteiger partial charge in [0.15, 0.2) is 23.3 Å². The third kappa shape index (κ3) is 7.92. The summed E-state index contributed by atoms with van der Waals surface area (Å²) in [4.78, 5) is 0. The second-order valence-corrected chi connectivity index (χ2v) is 11.5. The van der Waals surface area contributed by atoms with Gasteiger partial charge in [0.1, 0.15) is 17.5 Å². The predicted molar refractivity (Wildman–Crippen MR) is 149 cm³/mol. The Labute approximate surface area is 238 Å². The summed E-state index contributed by atoms with van der Waals surface area (Å²) in [5.41, 5.74) is 1.59. The van der Waals surface area contributed by atoms with Crippen LogP contribution >= 0.6 is 0 Å². The Bertz CT molecular complexity index is 1220. The average Bonchev–Trinajstić information content (AvgIpc) is 3.00. The van der Waals surface area contributed by atoms with Crippen molar-refractivity contribution in [2.24, 2.45) is 17.8 Å². The van der Waals surface area contributed by atoms with Crippen LogP contribution in [-0.4, -0.2) is 0 Å². The van der Waals surface area contributed by atoms with Crippen LogP contribution in [0.1, 0.15) is 93.2 Å². The number of rotatable bonds is 10. The highest BCUT2D eigenvalue weighted by molar-refractivity contribution is 5.61. The maximum atomic E-state index is 15.1. The van der Waals surface area contributed by atoms with Gasteiger partial charge in [-0.15, -0.1) is 6.58 Å². The molecule has 0 N–H and O–H groups in total. The molecule has 0 aliphatic heterocycles. The molecular weight excluding hydrogens is 541 g/mol. The summed E-state index contributed by atoms with van der Waals surface area (Å²) in [7, 11) is 0. The van der Waals surface area contributed by atoms with Crippen LogP contribution in [0.25, 0.3) is 5.83 Å². The van der Waals surface area contributed by atoms with Crippen molar-refractivity contribution >= 4 is 5.83 Å². The molecule has 2 aliphatic rings. The molecule has 0 saturated heterocycles. The Morgan fingerprint density at radius 3 is 1.83 bits per heavy atom. The monoisotopic (exact) mass is 578 g/mol. The molecule has 7 heteroatoms. The smallest absolute Gasteiger partial charge is 0.194 e. The molecule has 2 fully saturated rings. The third-order valence-corrected chi connectivity index (χ3v) is 8.85. The van der Waals surface area contributed by atoms with Crippen molar-refractivity contribution in [1.29, 1.82) is 0 Å². The van der Waals surface area contributed by atoms with Crippen LogP contribution < -0.4 is 0 Å². The van der Waals surface area contributed by atoms with Crippen LogP contribution in [-0.2, 0) is 6.42 Å². The van der Waals surface area contributed by atoms with E-state index in [0.717, 1.165) is 43.4 Å². The molecule has 0 aromatic heterocycles. The topological polar surface area (TPSA) is 0 Å². The number of allylic oxidation sites excluding steroid dienone is 4. The lowest BCUT2D eigenvalue weighted by atomic mass is 9.76. The van der Waals surface area contributed by atoms with E-state index in [-0.39, 0.29) is 17.9 Å². The fraction of sp³-hybridized carbons (Fsp3) is 0.471. The van der Waals surface area contributed by atoms with Crippen LogP contribution in [0.15, 0.2) is 66.5 Å². The van der Waals surface area contributed by atoms with Crippen LogP contribution in [0.4, 0.5) is 30.7 Å². The van der Waals surface area contributed by atoms with Gasteiger partial charge >= 0.3 is 0 Å². The van der Waals surface area contributed by atoms with E-state index in [1.54, 1.807) is 30.3 Å². The maximum Gasteiger partial charge on any atom is 0.194 e. The van der Waals surface area contributed by atoms with E-state index >= 15 is 8.78 Å². The predicted octanol–water partition coefficient (Wildman–Crippen LogP) is 11.5. The molecule has 41 heavy (non-hydrogen) atoms. The fourth-order valence-electron chi connectivity index (χ4n) is 6.27. The molecule has 0 nitrogen and oxygen atoms in total. The van der Waals surface area contributed by atoms with Gasteiger partial charge in [0.2, 0.25) is 0 Å². The van der Waals surface area contributed by atoms with Gasteiger partial charge in [0.25, 0.3) is 0 Å². The first kappa shape index (κ1) is 31.1. The van der Waals surface area contributed by atoms with Gasteiger partial charge in [-0.1, -0.05) is 30.3 Å². The number of aryl methyl sites for hydroxylation is 1. The molecule has 0 bridgehead atoms. The van der Waals surface area contributed by atoms with Crippen molar-refractivity contribution in [2.75, 3.05) is 0 Å². The van der Waals surface area contributed by atoms with Gasteiger partial charge in [0.05, 0.1) is 0 Å². The normalized spacial score (nSPS) is 24.5. The molecule has 2 aromatic rings. The minimum Gasteiger partial charge on any atom is -0.209 e. The first-order valence-electron chi connectivity index (χ1n) is 14.6. The Balaban J connectivity index is 1.23. The van der Waals surface area contributed by atoms with Gasteiger partial charge in [0, 0.05) is 23.8 Å². The van der Waals surface area contributed by atoms with Crippen molar-refractivity contribution in [2.45, 2.75) is 83.0 Å². The highest BCUT2D eigenvalue weighted by Crippen LogP contribution is 2.44. The summed E-state index contributed by atoms with van der Waals surface area (Å²) >= 11 is 0. The highest BCUT2D eigenvalue weighted by Gasteiger charge is 2.32. The van der Waals surface area contributed by atoms with Crippen molar-refractivity contribution in [1.82, 2.24) is 0 Å². The molecule has 0 spiro atoms.